The molecular formula is C13H12Cl2INO3. The Balaban J connectivity index is 2.25. The van der Waals surface area contributed by atoms with E-state index in [1.807, 2.05) is 22.6 Å². The van der Waals surface area contributed by atoms with Gasteiger partial charge in [0.1, 0.15) is 0 Å². The van der Waals surface area contributed by atoms with Crippen LogP contribution < -0.4 is 0 Å². The van der Waals surface area contributed by atoms with Crippen molar-refractivity contribution in [1.82, 2.24) is 4.90 Å². The molecule has 1 amide bonds. The molecule has 7 heteroatoms. The molecule has 0 aromatic heterocycles. The van der Waals surface area contributed by atoms with Crippen LogP contribution in [-0.4, -0.2) is 34.5 Å². The maximum Gasteiger partial charge on any atom is 0.305 e. The summed E-state index contributed by atoms with van der Waals surface area (Å²) in [4.78, 5) is 24.9. The fourth-order valence-corrected chi connectivity index (χ4v) is 2.95. The number of hydrogen-bond acceptors (Lipinski definition) is 2. The molecule has 0 unspecified atom stereocenters. The van der Waals surface area contributed by atoms with Gasteiger partial charge in [-0.15, -0.1) is 0 Å². The molecule has 1 N–H and O–H groups in total. The smallest absolute Gasteiger partial charge is 0.305 e. The van der Waals surface area contributed by atoms with E-state index in [9.17, 15) is 9.59 Å². The summed E-state index contributed by atoms with van der Waals surface area (Å²) in [7, 11) is 0. The van der Waals surface area contributed by atoms with E-state index in [-0.39, 0.29) is 24.9 Å². The van der Waals surface area contributed by atoms with Gasteiger partial charge in [-0.3, -0.25) is 9.59 Å². The number of aliphatic carboxylic acids is 1. The number of carbonyl (C=O) groups excluding carboxylic acids is 1. The molecule has 0 spiro atoms. The second kappa shape index (κ2) is 6.49. The second-order valence-electron chi connectivity index (χ2n) is 4.62. The summed E-state index contributed by atoms with van der Waals surface area (Å²) in [5, 5.41) is 9.60. The molecule has 0 saturated heterocycles. The van der Waals surface area contributed by atoms with E-state index in [2.05, 4.69) is 0 Å². The Bertz CT molecular complexity index is 561. The minimum absolute atomic E-state index is 0.0624. The fraction of sp³-hybridized carbons (Fsp3) is 0.385. The highest BCUT2D eigenvalue weighted by atomic mass is 127. The highest BCUT2D eigenvalue weighted by Gasteiger charge is 2.34. The Morgan fingerprint density at radius 3 is 2.55 bits per heavy atom. The summed E-state index contributed by atoms with van der Waals surface area (Å²) in [5.41, 5.74) is 0.431. The minimum atomic E-state index is -0.915. The monoisotopic (exact) mass is 427 g/mol. The van der Waals surface area contributed by atoms with Gasteiger partial charge in [0, 0.05) is 21.2 Å². The quantitative estimate of drug-likeness (QED) is 0.576. The molecule has 0 atom stereocenters. The molecule has 1 fully saturated rings. The van der Waals surface area contributed by atoms with Gasteiger partial charge in [-0.2, -0.15) is 0 Å². The number of rotatable bonds is 5. The molecule has 1 aromatic carbocycles. The lowest BCUT2D eigenvalue weighted by atomic mass is 10.2. The van der Waals surface area contributed by atoms with Crippen LogP contribution in [-0.2, 0) is 4.79 Å². The van der Waals surface area contributed by atoms with Crippen molar-refractivity contribution in [2.24, 2.45) is 0 Å². The molecule has 1 aliphatic rings. The predicted octanol–water partition coefficient (Wildman–Crippen LogP) is 3.68. The first kappa shape index (κ1) is 15.9. The van der Waals surface area contributed by atoms with E-state index in [1.165, 1.54) is 0 Å². The molecule has 108 valence electrons. The third-order valence-corrected chi connectivity index (χ3v) is 5.04. The van der Waals surface area contributed by atoms with Gasteiger partial charge in [0.25, 0.3) is 5.91 Å². The Labute approximate surface area is 140 Å². The zero-order valence-corrected chi connectivity index (χ0v) is 14.1. The summed E-state index contributed by atoms with van der Waals surface area (Å²) in [6.07, 6.45) is 1.76. The largest absolute Gasteiger partial charge is 0.481 e. The molecule has 1 aliphatic carbocycles. The first-order valence-corrected chi connectivity index (χ1v) is 7.91. The van der Waals surface area contributed by atoms with Crippen LogP contribution in [0.3, 0.4) is 0 Å². The van der Waals surface area contributed by atoms with Crippen molar-refractivity contribution >= 4 is 57.7 Å². The lowest BCUT2D eigenvalue weighted by Crippen LogP contribution is -2.35. The van der Waals surface area contributed by atoms with Crippen molar-refractivity contribution < 1.29 is 14.7 Å². The number of nitrogens with zero attached hydrogens (tertiary/aromatic N) is 1. The number of carboxylic acids is 1. The number of carbonyl (C=O) groups is 2. The van der Waals surface area contributed by atoms with E-state index < -0.39 is 5.97 Å². The van der Waals surface area contributed by atoms with E-state index in [0.717, 1.165) is 12.8 Å². The molecule has 1 aromatic rings. The summed E-state index contributed by atoms with van der Waals surface area (Å²) in [6.45, 7) is 0.207. The second-order valence-corrected chi connectivity index (χ2v) is 6.54. The first-order chi connectivity index (χ1) is 9.40. The van der Waals surface area contributed by atoms with Crippen LogP contribution in [0.4, 0.5) is 0 Å². The van der Waals surface area contributed by atoms with Crippen molar-refractivity contribution in [3.05, 3.63) is 31.3 Å². The number of halogens is 3. The molecule has 0 heterocycles. The molecule has 0 aliphatic heterocycles. The van der Waals surface area contributed by atoms with Crippen molar-refractivity contribution in [2.45, 2.75) is 25.3 Å². The third-order valence-electron chi connectivity index (χ3n) is 3.04. The molecule has 2 rings (SSSR count). The van der Waals surface area contributed by atoms with Crippen LogP contribution in [0.2, 0.25) is 10.0 Å². The molecule has 0 bridgehead atoms. The van der Waals surface area contributed by atoms with Crippen molar-refractivity contribution in [1.29, 1.82) is 0 Å². The Hall–Kier alpha value is -0.530. The Kier molecular flexibility index (Phi) is 5.14. The van der Waals surface area contributed by atoms with Crippen LogP contribution in [0.1, 0.15) is 29.6 Å². The van der Waals surface area contributed by atoms with Gasteiger partial charge in [0.2, 0.25) is 0 Å². The van der Waals surface area contributed by atoms with Gasteiger partial charge >= 0.3 is 5.97 Å². The average molecular weight is 428 g/mol. The van der Waals surface area contributed by atoms with Crippen LogP contribution >= 0.6 is 45.8 Å². The molecule has 20 heavy (non-hydrogen) atoms. The van der Waals surface area contributed by atoms with Crippen molar-refractivity contribution in [3.8, 4) is 0 Å². The summed E-state index contributed by atoms with van der Waals surface area (Å²) in [6, 6.07) is 3.30. The normalized spacial score (nSPS) is 14.2. The lowest BCUT2D eigenvalue weighted by molar-refractivity contribution is -0.137. The highest BCUT2D eigenvalue weighted by Crippen LogP contribution is 2.32. The summed E-state index contributed by atoms with van der Waals surface area (Å²) >= 11 is 14.0. The maximum atomic E-state index is 12.6. The maximum absolute atomic E-state index is 12.6. The summed E-state index contributed by atoms with van der Waals surface area (Å²) in [5.74, 6) is -1.12. The summed E-state index contributed by atoms with van der Waals surface area (Å²) < 4.78 is 0.639. The first-order valence-electron chi connectivity index (χ1n) is 6.07. The van der Waals surface area contributed by atoms with Gasteiger partial charge < -0.3 is 10.0 Å². The minimum Gasteiger partial charge on any atom is -0.481 e. The van der Waals surface area contributed by atoms with E-state index in [1.54, 1.807) is 17.0 Å². The van der Waals surface area contributed by atoms with E-state index in [4.69, 9.17) is 28.3 Å². The van der Waals surface area contributed by atoms with E-state index in [0.29, 0.717) is 19.2 Å². The lowest BCUT2D eigenvalue weighted by Gasteiger charge is -2.22. The van der Waals surface area contributed by atoms with Crippen LogP contribution in [0, 0.1) is 3.57 Å². The number of benzene rings is 1. The average Bonchev–Trinajstić information content (AvgIpc) is 3.17. The van der Waals surface area contributed by atoms with Gasteiger partial charge in [-0.1, -0.05) is 23.2 Å². The van der Waals surface area contributed by atoms with Gasteiger partial charge in [-0.05, 0) is 47.6 Å². The third kappa shape index (κ3) is 3.77. The number of carboxylic acid groups (broad SMARTS) is 1. The Morgan fingerprint density at radius 1 is 1.35 bits per heavy atom. The molecule has 0 radical (unpaired) electrons. The molecule has 1 saturated carbocycles. The molecule has 4 nitrogen and oxygen atoms in total. The van der Waals surface area contributed by atoms with Gasteiger partial charge in [-0.25, -0.2) is 0 Å². The SMILES string of the molecule is O=C(O)CCN(C(=O)c1cc(Cl)cc(Cl)c1I)C1CC1. The zero-order chi connectivity index (χ0) is 14.9. The number of amides is 1. The fourth-order valence-electron chi connectivity index (χ4n) is 1.92. The Morgan fingerprint density at radius 2 is 2.00 bits per heavy atom. The van der Waals surface area contributed by atoms with Crippen LogP contribution in [0.5, 0.6) is 0 Å². The van der Waals surface area contributed by atoms with E-state index >= 15 is 0 Å². The molecular weight excluding hydrogens is 416 g/mol. The number of hydrogen-bond donors (Lipinski definition) is 1. The van der Waals surface area contributed by atoms with Crippen LogP contribution in [0.15, 0.2) is 12.1 Å². The van der Waals surface area contributed by atoms with Gasteiger partial charge in [0.05, 0.1) is 17.0 Å². The van der Waals surface area contributed by atoms with Crippen molar-refractivity contribution in [3.63, 3.8) is 0 Å². The zero-order valence-electron chi connectivity index (χ0n) is 10.4. The highest BCUT2D eigenvalue weighted by molar-refractivity contribution is 14.1. The van der Waals surface area contributed by atoms with Crippen LogP contribution in [0.25, 0.3) is 0 Å². The standard InChI is InChI=1S/C13H12Cl2INO3/c14-7-5-9(12(16)10(15)6-7)13(20)17(8-1-2-8)4-3-11(18)19/h5-6,8H,1-4H2,(H,18,19). The predicted molar refractivity (Wildman–Crippen MR) is 85.5 cm³/mol. The topological polar surface area (TPSA) is 57.6 Å². The van der Waals surface area contributed by atoms with Gasteiger partial charge in [0.15, 0.2) is 0 Å². The van der Waals surface area contributed by atoms with Crippen molar-refractivity contribution in [2.75, 3.05) is 6.54 Å².